The number of fused-ring (bicyclic) bond motifs is 1. The molecule has 0 radical (unpaired) electrons. The van der Waals surface area contributed by atoms with Gasteiger partial charge in [0.2, 0.25) is 0 Å². The Labute approximate surface area is 127 Å². The van der Waals surface area contributed by atoms with Gasteiger partial charge in [0.15, 0.2) is 0 Å². The Kier molecular flexibility index (Phi) is 3.82. The maximum Gasteiger partial charge on any atom is 0.340 e. The summed E-state index contributed by atoms with van der Waals surface area (Å²) in [5, 5.41) is 0.659. The van der Waals surface area contributed by atoms with Gasteiger partial charge < -0.3 is 9.72 Å². The lowest BCUT2D eigenvalue weighted by Crippen LogP contribution is -2.04. The van der Waals surface area contributed by atoms with E-state index < -0.39 is 0 Å². The molecule has 6 nitrogen and oxygen atoms in total. The van der Waals surface area contributed by atoms with Crippen molar-refractivity contribution in [1.82, 2.24) is 19.9 Å². The van der Waals surface area contributed by atoms with Crippen molar-refractivity contribution in [2.24, 2.45) is 0 Å². The van der Waals surface area contributed by atoms with Crippen molar-refractivity contribution in [2.45, 2.75) is 20.3 Å². The van der Waals surface area contributed by atoms with Crippen LogP contribution >= 0.6 is 0 Å². The van der Waals surface area contributed by atoms with Gasteiger partial charge in [0, 0.05) is 23.7 Å². The number of nitrogens with one attached hydrogen (secondary N) is 1. The summed E-state index contributed by atoms with van der Waals surface area (Å²) in [6.45, 7) is 4.15. The van der Waals surface area contributed by atoms with E-state index in [1.54, 1.807) is 19.3 Å². The van der Waals surface area contributed by atoms with Gasteiger partial charge in [-0.25, -0.2) is 14.8 Å². The van der Waals surface area contributed by atoms with Crippen molar-refractivity contribution < 1.29 is 9.53 Å². The Morgan fingerprint density at radius 3 is 2.77 bits per heavy atom. The highest BCUT2D eigenvalue weighted by molar-refractivity contribution is 6.08. The first-order chi connectivity index (χ1) is 10.7. The summed E-state index contributed by atoms with van der Waals surface area (Å²) in [4.78, 5) is 28.0. The number of hydrogen-bond acceptors (Lipinski definition) is 5. The molecule has 0 fully saturated rings. The van der Waals surface area contributed by atoms with Gasteiger partial charge in [-0.1, -0.05) is 6.92 Å². The highest BCUT2D eigenvalue weighted by Gasteiger charge is 2.18. The number of pyridine rings is 1. The van der Waals surface area contributed by atoms with Crippen LogP contribution < -0.4 is 0 Å². The summed E-state index contributed by atoms with van der Waals surface area (Å²) < 4.78 is 5.09. The summed E-state index contributed by atoms with van der Waals surface area (Å²) in [7, 11) is 0. The Morgan fingerprint density at radius 2 is 2.09 bits per heavy atom. The van der Waals surface area contributed by atoms with Crippen LogP contribution in [-0.4, -0.2) is 32.5 Å². The first-order valence-corrected chi connectivity index (χ1v) is 7.19. The molecule has 0 saturated carbocycles. The second-order valence-corrected chi connectivity index (χ2v) is 4.76. The van der Waals surface area contributed by atoms with E-state index in [0.29, 0.717) is 28.9 Å². The van der Waals surface area contributed by atoms with Crippen LogP contribution in [0.1, 0.15) is 29.9 Å². The fraction of sp³-hybridized carbons (Fsp3) is 0.250. The molecule has 1 N–H and O–H groups in total. The zero-order valence-corrected chi connectivity index (χ0v) is 12.5. The van der Waals surface area contributed by atoms with E-state index >= 15 is 0 Å². The largest absolute Gasteiger partial charge is 0.462 e. The van der Waals surface area contributed by atoms with Gasteiger partial charge in [-0.15, -0.1) is 0 Å². The van der Waals surface area contributed by atoms with Crippen molar-refractivity contribution >= 4 is 17.0 Å². The van der Waals surface area contributed by atoms with Gasteiger partial charge in [-0.2, -0.15) is 0 Å². The zero-order valence-electron chi connectivity index (χ0n) is 12.5. The minimum atomic E-state index is -0.386. The van der Waals surface area contributed by atoms with Crippen molar-refractivity contribution in [3.63, 3.8) is 0 Å². The first kappa shape index (κ1) is 14.2. The molecule has 3 aromatic heterocycles. The average Bonchev–Trinajstić information content (AvgIpc) is 2.99. The normalized spacial score (nSPS) is 10.8. The van der Waals surface area contributed by atoms with Crippen molar-refractivity contribution in [3.05, 3.63) is 42.1 Å². The van der Waals surface area contributed by atoms with E-state index in [9.17, 15) is 4.79 Å². The van der Waals surface area contributed by atoms with E-state index in [1.807, 2.05) is 12.1 Å². The number of aryl methyl sites for hydroxylation is 1. The summed E-state index contributed by atoms with van der Waals surface area (Å²) in [6, 6.07) is 3.91. The van der Waals surface area contributed by atoms with Crippen LogP contribution in [0.25, 0.3) is 22.3 Å². The molecular formula is C16H16N4O2. The van der Waals surface area contributed by atoms with Crippen LogP contribution in [0.3, 0.4) is 0 Å². The number of carbonyl (C=O) groups is 1. The van der Waals surface area contributed by atoms with E-state index in [1.165, 1.54) is 6.33 Å². The summed E-state index contributed by atoms with van der Waals surface area (Å²) in [5.41, 5.74) is 3.56. The topological polar surface area (TPSA) is 80.8 Å². The third-order valence-corrected chi connectivity index (χ3v) is 3.43. The fourth-order valence-electron chi connectivity index (χ4n) is 2.33. The van der Waals surface area contributed by atoms with Crippen LogP contribution in [0.5, 0.6) is 0 Å². The van der Waals surface area contributed by atoms with Crippen molar-refractivity contribution in [1.29, 1.82) is 0 Å². The number of hydrogen-bond donors (Lipinski definition) is 1. The van der Waals surface area contributed by atoms with Crippen LogP contribution in [0.4, 0.5) is 0 Å². The Morgan fingerprint density at radius 1 is 1.23 bits per heavy atom. The molecule has 0 unspecified atom stereocenters. The molecule has 6 heteroatoms. The SMILES string of the molecule is CCOC(=O)c1c[nH]c2ncnc(-c3ccc(CC)nc3)c12. The Bertz CT molecular complexity index is 809. The van der Waals surface area contributed by atoms with Gasteiger partial charge in [0.25, 0.3) is 0 Å². The number of aromatic nitrogens is 4. The molecule has 0 spiro atoms. The number of carbonyl (C=O) groups excluding carboxylic acids is 1. The molecule has 0 amide bonds. The van der Waals surface area contributed by atoms with E-state index in [2.05, 4.69) is 26.9 Å². The minimum Gasteiger partial charge on any atom is -0.462 e. The predicted octanol–water partition coefficient (Wildman–Crippen LogP) is 2.76. The smallest absolute Gasteiger partial charge is 0.340 e. The van der Waals surface area contributed by atoms with Crippen LogP contribution in [0.2, 0.25) is 0 Å². The molecule has 0 aliphatic rings. The van der Waals surface area contributed by atoms with Crippen LogP contribution in [0.15, 0.2) is 30.9 Å². The molecule has 112 valence electrons. The highest BCUT2D eigenvalue weighted by Crippen LogP contribution is 2.28. The lowest BCUT2D eigenvalue weighted by Gasteiger charge is -2.05. The molecule has 0 atom stereocenters. The molecule has 3 aromatic rings. The molecule has 22 heavy (non-hydrogen) atoms. The standard InChI is InChI=1S/C16H16N4O2/c1-3-11-6-5-10(7-17-11)14-13-12(16(21)22-4-2)8-18-15(13)20-9-19-14/h5-9H,3-4H2,1-2H3,(H,18,19,20). The van der Waals surface area contributed by atoms with Gasteiger partial charge in [-0.3, -0.25) is 4.98 Å². The minimum absolute atomic E-state index is 0.321. The number of aromatic amines is 1. The highest BCUT2D eigenvalue weighted by atomic mass is 16.5. The quantitative estimate of drug-likeness (QED) is 0.749. The summed E-state index contributed by atoms with van der Waals surface area (Å²) >= 11 is 0. The maximum absolute atomic E-state index is 12.1. The third-order valence-electron chi connectivity index (χ3n) is 3.43. The molecule has 0 aliphatic carbocycles. The van der Waals surface area contributed by atoms with Gasteiger partial charge >= 0.3 is 5.97 Å². The molecule has 0 bridgehead atoms. The molecule has 3 rings (SSSR count). The lowest BCUT2D eigenvalue weighted by atomic mass is 10.1. The van der Waals surface area contributed by atoms with Gasteiger partial charge in [0.1, 0.15) is 12.0 Å². The van der Waals surface area contributed by atoms with E-state index in [-0.39, 0.29) is 5.97 Å². The number of nitrogens with zero attached hydrogens (tertiary/aromatic N) is 3. The van der Waals surface area contributed by atoms with E-state index in [0.717, 1.165) is 17.7 Å². The second-order valence-electron chi connectivity index (χ2n) is 4.76. The molecule has 0 aromatic carbocycles. The number of ether oxygens (including phenoxy) is 1. The maximum atomic E-state index is 12.1. The average molecular weight is 296 g/mol. The first-order valence-electron chi connectivity index (χ1n) is 7.19. The molecule has 0 saturated heterocycles. The fourth-order valence-corrected chi connectivity index (χ4v) is 2.33. The number of H-pyrrole nitrogens is 1. The van der Waals surface area contributed by atoms with E-state index in [4.69, 9.17) is 4.74 Å². The second kappa shape index (κ2) is 5.93. The predicted molar refractivity (Wildman–Crippen MR) is 82.5 cm³/mol. The Hall–Kier alpha value is -2.76. The third kappa shape index (κ3) is 2.43. The number of rotatable bonds is 4. The van der Waals surface area contributed by atoms with Crippen molar-refractivity contribution in [3.8, 4) is 11.3 Å². The molecule has 3 heterocycles. The molecular weight excluding hydrogens is 280 g/mol. The molecule has 0 aliphatic heterocycles. The lowest BCUT2D eigenvalue weighted by molar-refractivity contribution is 0.0528. The van der Waals surface area contributed by atoms with Crippen LogP contribution in [-0.2, 0) is 11.2 Å². The van der Waals surface area contributed by atoms with Crippen molar-refractivity contribution in [2.75, 3.05) is 6.61 Å². The Balaban J connectivity index is 2.16. The summed E-state index contributed by atoms with van der Waals surface area (Å²) in [5.74, 6) is -0.386. The van der Waals surface area contributed by atoms with Crippen LogP contribution in [0, 0.1) is 0 Å². The zero-order chi connectivity index (χ0) is 15.5. The monoisotopic (exact) mass is 296 g/mol. The van der Waals surface area contributed by atoms with Gasteiger partial charge in [-0.05, 0) is 25.5 Å². The number of esters is 1. The summed E-state index contributed by atoms with van der Waals surface area (Å²) in [6.07, 6.45) is 5.71. The van der Waals surface area contributed by atoms with Gasteiger partial charge in [0.05, 0.1) is 23.3 Å².